The Hall–Kier alpha value is -0.970. The van der Waals surface area contributed by atoms with Crippen LogP contribution >= 0.6 is 0 Å². The first-order chi connectivity index (χ1) is 6.16. The van der Waals surface area contributed by atoms with Crippen molar-refractivity contribution in [2.75, 3.05) is 0 Å². The van der Waals surface area contributed by atoms with Crippen molar-refractivity contribution in [2.45, 2.75) is 0 Å². The summed E-state index contributed by atoms with van der Waals surface area (Å²) in [4.78, 5) is 13.1. The Morgan fingerprint density at radius 1 is 1.36 bits per heavy atom. The standard InChI is InChI=1S/C9H7NO3.Na/c11-8-4-5-1-2-6(9(12)13)3-7(5)10-8;/h1-4,10-11H,(H,12,13);/q;+1/p-1. The summed E-state index contributed by atoms with van der Waals surface area (Å²) < 4.78 is 0. The van der Waals surface area contributed by atoms with Crippen molar-refractivity contribution in [3.63, 3.8) is 0 Å². The van der Waals surface area contributed by atoms with Gasteiger partial charge in [0.25, 0.3) is 0 Å². The summed E-state index contributed by atoms with van der Waals surface area (Å²) in [5.74, 6) is -1.21. The maximum atomic E-state index is 10.5. The second-order valence-corrected chi connectivity index (χ2v) is 2.74. The molecule has 5 heteroatoms. The molecule has 4 nitrogen and oxygen atoms in total. The van der Waals surface area contributed by atoms with Crippen LogP contribution in [-0.2, 0) is 0 Å². The number of nitrogens with one attached hydrogen (secondary N) is 1. The number of benzene rings is 1. The molecule has 1 aromatic carbocycles. The number of aromatic amines is 1. The number of hydrogen-bond donors (Lipinski definition) is 2. The summed E-state index contributed by atoms with van der Waals surface area (Å²) in [5, 5.41) is 20.3. The molecule has 2 aromatic rings. The summed E-state index contributed by atoms with van der Waals surface area (Å²) in [6.07, 6.45) is 0. The SMILES string of the molecule is O=C([O-])c1ccc2cc(O)[nH]c2c1.[Na+]. The number of fused-ring (bicyclic) bond motifs is 1. The zero-order valence-electron chi connectivity index (χ0n) is 7.57. The van der Waals surface area contributed by atoms with Gasteiger partial charge in [0.05, 0.1) is 5.97 Å². The molecule has 0 amide bonds. The van der Waals surface area contributed by atoms with E-state index in [0.717, 1.165) is 5.39 Å². The van der Waals surface area contributed by atoms with E-state index < -0.39 is 5.97 Å². The van der Waals surface area contributed by atoms with Gasteiger partial charge < -0.3 is 20.0 Å². The Bertz CT molecular complexity index is 478. The van der Waals surface area contributed by atoms with Gasteiger partial charge in [0.1, 0.15) is 0 Å². The van der Waals surface area contributed by atoms with Gasteiger partial charge in [0.15, 0.2) is 5.88 Å². The molecule has 14 heavy (non-hydrogen) atoms. The van der Waals surface area contributed by atoms with Crippen LogP contribution in [0.1, 0.15) is 10.4 Å². The van der Waals surface area contributed by atoms with Crippen LogP contribution in [0.3, 0.4) is 0 Å². The van der Waals surface area contributed by atoms with Crippen molar-refractivity contribution in [3.8, 4) is 5.88 Å². The van der Waals surface area contributed by atoms with E-state index in [4.69, 9.17) is 5.11 Å². The number of rotatable bonds is 1. The number of aromatic hydroxyl groups is 1. The Labute approximate surface area is 102 Å². The Balaban J connectivity index is 0.000000980. The van der Waals surface area contributed by atoms with Gasteiger partial charge in [-0.2, -0.15) is 0 Å². The number of H-pyrrole nitrogens is 1. The van der Waals surface area contributed by atoms with Crippen LogP contribution in [0.2, 0.25) is 0 Å². The number of carboxylic acids is 1. The fourth-order valence-electron chi connectivity index (χ4n) is 1.24. The van der Waals surface area contributed by atoms with Crippen molar-refractivity contribution in [3.05, 3.63) is 29.8 Å². The summed E-state index contributed by atoms with van der Waals surface area (Å²) >= 11 is 0. The fraction of sp³-hybridized carbons (Fsp3) is 0. The molecule has 0 aliphatic heterocycles. The Morgan fingerprint density at radius 2 is 2.07 bits per heavy atom. The molecular weight excluding hydrogens is 193 g/mol. The number of carbonyl (C=O) groups is 1. The van der Waals surface area contributed by atoms with Gasteiger partial charge in [-0.25, -0.2) is 0 Å². The largest absolute Gasteiger partial charge is 1.00 e. The molecule has 0 saturated carbocycles. The zero-order chi connectivity index (χ0) is 9.42. The molecule has 0 spiro atoms. The molecule has 0 fully saturated rings. The minimum absolute atomic E-state index is 0. The van der Waals surface area contributed by atoms with Crippen LogP contribution in [0.5, 0.6) is 5.88 Å². The molecule has 0 aliphatic rings. The van der Waals surface area contributed by atoms with E-state index in [1.165, 1.54) is 18.2 Å². The average Bonchev–Trinajstić information content (AvgIpc) is 2.42. The summed E-state index contributed by atoms with van der Waals surface area (Å²) in [6, 6.07) is 5.99. The van der Waals surface area contributed by atoms with Gasteiger partial charge in [-0.15, -0.1) is 0 Å². The van der Waals surface area contributed by atoms with Crippen LogP contribution in [0.25, 0.3) is 10.9 Å². The molecule has 66 valence electrons. The first-order valence-electron chi connectivity index (χ1n) is 3.70. The smallest absolute Gasteiger partial charge is 0.545 e. The molecule has 0 unspecified atom stereocenters. The molecule has 0 atom stereocenters. The number of aromatic nitrogens is 1. The van der Waals surface area contributed by atoms with E-state index >= 15 is 0 Å². The second kappa shape index (κ2) is 4.04. The van der Waals surface area contributed by atoms with E-state index in [-0.39, 0.29) is 41.0 Å². The Kier molecular flexibility index (Phi) is 3.21. The molecule has 2 rings (SSSR count). The topological polar surface area (TPSA) is 76.2 Å². The number of hydrogen-bond acceptors (Lipinski definition) is 3. The number of carboxylic acid groups (broad SMARTS) is 1. The quantitative estimate of drug-likeness (QED) is 0.488. The Morgan fingerprint density at radius 3 is 2.71 bits per heavy atom. The minimum Gasteiger partial charge on any atom is -0.545 e. The fourth-order valence-corrected chi connectivity index (χ4v) is 1.24. The molecule has 0 saturated heterocycles. The average molecular weight is 199 g/mol. The zero-order valence-corrected chi connectivity index (χ0v) is 9.57. The molecule has 0 aliphatic carbocycles. The van der Waals surface area contributed by atoms with Crippen LogP contribution in [-0.4, -0.2) is 16.1 Å². The van der Waals surface area contributed by atoms with Gasteiger partial charge in [-0.3, -0.25) is 0 Å². The summed E-state index contributed by atoms with van der Waals surface area (Å²) in [6.45, 7) is 0. The molecule has 1 heterocycles. The molecule has 0 radical (unpaired) electrons. The van der Waals surface area contributed by atoms with Crippen LogP contribution in [0, 0.1) is 0 Å². The summed E-state index contributed by atoms with van der Waals surface area (Å²) in [5.41, 5.74) is 0.675. The third-order valence-corrected chi connectivity index (χ3v) is 1.84. The van der Waals surface area contributed by atoms with Gasteiger partial charge in [0, 0.05) is 17.0 Å². The molecule has 2 N–H and O–H groups in total. The van der Waals surface area contributed by atoms with Gasteiger partial charge in [-0.05, 0) is 11.6 Å². The van der Waals surface area contributed by atoms with Crippen molar-refractivity contribution >= 4 is 16.9 Å². The normalized spacial score (nSPS) is 9.71. The van der Waals surface area contributed by atoms with Crippen molar-refractivity contribution in [2.24, 2.45) is 0 Å². The van der Waals surface area contributed by atoms with Crippen LogP contribution in [0.4, 0.5) is 0 Å². The second-order valence-electron chi connectivity index (χ2n) is 2.74. The van der Waals surface area contributed by atoms with Crippen molar-refractivity contribution in [1.82, 2.24) is 4.98 Å². The number of aromatic carboxylic acids is 1. The monoisotopic (exact) mass is 199 g/mol. The van der Waals surface area contributed by atoms with Crippen LogP contribution in [0.15, 0.2) is 24.3 Å². The maximum Gasteiger partial charge on any atom is 1.00 e. The number of carbonyl (C=O) groups excluding carboxylic acids is 1. The van der Waals surface area contributed by atoms with Crippen LogP contribution < -0.4 is 34.7 Å². The molecule has 0 bridgehead atoms. The van der Waals surface area contributed by atoms with Crippen molar-refractivity contribution < 1.29 is 44.6 Å². The van der Waals surface area contributed by atoms with E-state index in [2.05, 4.69) is 4.98 Å². The summed E-state index contributed by atoms with van der Waals surface area (Å²) in [7, 11) is 0. The van der Waals surface area contributed by atoms with E-state index in [0.29, 0.717) is 5.52 Å². The molecular formula is C9H6NNaO3. The van der Waals surface area contributed by atoms with Gasteiger partial charge in [-0.1, -0.05) is 12.1 Å². The van der Waals surface area contributed by atoms with Gasteiger partial charge >= 0.3 is 29.6 Å². The third-order valence-electron chi connectivity index (χ3n) is 1.84. The van der Waals surface area contributed by atoms with Gasteiger partial charge in [0.2, 0.25) is 0 Å². The van der Waals surface area contributed by atoms with Crippen molar-refractivity contribution in [1.29, 1.82) is 0 Å². The minimum atomic E-state index is -1.23. The molecule has 1 aromatic heterocycles. The van der Waals surface area contributed by atoms with E-state index in [1.807, 2.05) is 0 Å². The third kappa shape index (κ3) is 1.92. The first kappa shape index (κ1) is 11.1. The first-order valence-corrected chi connectivity index (χ1v) is 3.70. The maximum absolute atomic E-state index is 10.5. The van der Waals surface area contributed by atoms with E-state index in [1.54, 1.807) is 6.07 Å². The predicted octanol–water partition coefficient (Wildman–Crippen LogP) is -2.76. The van der Waals surface area contributed by atoms with E-state index in [9.17, 15) is 9.90 Å². The predicted molar refractivity (Wildman–Crippen MR) is 44.3 cm³/mol.